The lowest BCUT2D eigenvalue weighted by Crippen LogP contribution is -2.31. The van der Waals surface area contributed by atoms with Crippen molar-refractivity contribution in [2.45, 2.75) is 25.0 Å². The van der Waals surface area contributed by atoms with Gasteiger partial charge in [0.2, 0.25) is 0 Å². The van der Waals surface area contributed by atoms with Gasteiger partial charge in [0.05, 0.1) is 12.2 Å². The largest absolute Gasteiger partial charge is 0.378 e. The molecule has 2 aliphatic rings. The van der Waals surface area contributed by atoms with Crippen LogP contribution in [0.1, 0.15) is 24.5 Å². The number of benzene rings is 1. The highest BCUT2D eigenvalue weighted by atomic mass is 79.9. The molecule has 3 heteroatoms. The van der Waals surface area contributed by atoms with Crippen LogP contribution in [0.15, 0.2) is 28.7 Å². The maximum atomic E-state index is 5.92. The minimum Gasteiger partial charge on any atom is -0.378 e. The molecule has 86 valence electrons. The van der Waals surface area contributed by atoms with Gasteiger partial charge in [-0.05, 0) is 30.5 Å². The minimum absolute atomic E-state index is 0.231. The Morgan fingerprint density at radius 3 is 2.56 bits per heavy atom. The number of hydrogen-bond acceptors (Lipinski definition) is 2. The lowest BCUT2D eigenvalue weighted by molar-refractivity contribution is -0.0760. The van der Waals surface area contributed by atoms with Gasteiger partial charge in [-0.2, -0.15) is 0 Å². The van der Waals surface area contributed by atoms with Crippen LogP contribution in [0.5, 0.6) is 0 Å². The van der Waals surface area contributed by atoms with Crippen LogP contribution in [-0.2, 0) is 9.47 Å². The zero-order valence-electron chi connectivity index (χ0n) is 9.06. The average Bonchev–Trinajstić information content (AvgIpc) is 2.78. The van der Waals surface area contributed by atoms with Crippen LogP contribution < -0.4 is 0 Å². The zero-order chi connectivity index (χ0) is 11.0. The second-order valence-electron chi connectivity index (χ2n) is 4.49. The van der Waals surface area contributed by atoms with Gasteiger partial charge in [-0.3, -0.25) is 0 Å². The number of ether oxygens (including phenoxy) is 2. The van der Waals surface area contributed by atoms with Crippen LogP contribution in [0.4, 0.5) is 0 Å². The zero-order valence-corrected chi connectivity index (χ0v) is 10.7. The van der Waals surface area contributed by atoms with Crippen LogP contribution in [0.3, 0.4) is 0 Å². The molecule has 0 spiro atoms. The molecule has 1 aromatic carbocycles. The van der Waals surface area contributed by atoms with E-state index in [1.807, 2.05) is 0 Å². The van der Waals surface area contributed by atoms with Crippen molar-refractivity contribution < 1.29 is 9.47 Å². The molecule has 0 aromatic heterocycles. The van der Waals surface area contributed by atoms with Crippen LogP contribution in [0.2, 0.25) is 0 Å². The standard InChI is InChI=1S/C13H15BrO2/c14-10-3-1-9(2-4-10)13-11-5-7-15-12(11)6-8-16-13/h1-4,11-13H,5-8H2/t11-,12+,13+/m1/s1. The Kier molecular flexibility index (Phi) is 3.01. The lowest BCUT2D eigenvalue weighted by atomic mass is 9.87. The van der Waals surface area contributed by atoms with Crippen molar-refractivity contribution in [1.82, 2.24) is 0 Å². The Labute approximate surface area is 104 Å². The molecule has 0 saturated carbocycles. The Hall–Kier alpha value is -0.380. The Morgan fingerprint density at radius 2 is 1.75 bits per heavy atom. The number of fused-ring (bicyclic) bond motifs is 1. The van der Waals surface area contributed by atoms with E-state index in [9.17, 15) is 0 Å². The molecule has 3 atom stereocenters. The average molecular weight is 283 g/mol. The molecular weight excluding hydrogens is 268 g/mol. The molecule has 0 unspecified atom stereocenters. The Balaban J connectivity index is 1.85. The van der Waals surface area contributed by atoms with Gasteiger partial charge in [0.1, 0.15) is 0 Å². The highest BCUT2D eigenvalue weighted by molar-refractivity contribution is 9.10. The molecular formula is C13H15BrO2. The molecule has 3 rings (SSSR count). The van der Waals surface area contributed by atoms with E-state index >= 15 is 0 Å². The predicted octanol–water partition coefficient (Wildman–Crippen LogP) is 3.32. The highest BCUT2D eigenvalue weighted by Gasteiger charge is 2.39. The molecule has 0 radical (unpaired) electrons. The van der Waals surface area contributed by atoms with Crippen LogP contribution in [0, 0.1) is 5.92 Å². The van der Waals surface area contributed by atoms with Gasteiger partial charge in [-0.25, -0.2) is 0 Å². The van der Waals surface area contributed by atoms with Crippen LogP contribution in [0.25, 0.3) is 0 Å². The van der Waals surface area contributed by atoms with Gasteiger partial charge in [0, 0.05) is 23.6 Å². The van der Waals surface area contributed by atoms with E-state index in [0.29, 0.717) is 12.0 Å². The highest BCUT2D eigenvalue weighted by Crippen LogP contribution is 2.40. The Bertz CT molecular complexity index is 363. The molecule has 16 heavy (non-hydrogen) atoms. The van der Waals surface area contributed by atoms with E-state index in [1.54, 1.807) is 0 Å². The third kappa shape index (κ3) is 1.92. The summed E-state index contributed by atoms with van der Waals surface area (Å²) >= 11 is 3.46. The summed E-state index contributed by atoms with van der Waals surface area (Å²) in [4.78, 5) is 0. The van der Waals surface area contributed by atoms with E-state index in [2.05, 4.69) is 40.2 Å². The summed E-state index contributed by atoms with van der Waals surface area (Å²) in [5.74, 6) is 0.551. The molecule has 2 aliphatic heterocycles. The molecule has 0 N–H and O–H groups in total. The first-order valence-electron chi connectivity index (χ1n) is 5.83. The molecule has 2 saturated heterocycles. The summed E-state index contributed by atoms with van der Waals surface area (Å²) in [6.45, 7) is 1.72. The fourth-order valence-electron chi connectivity index (χ4n) is 2.74. The molecule has 2 fully saturated rings. The normalized spacial score (nSPS) is 33.7. The maximum absolute atomic E-state index is 5.92. The first-order valence-corrected chi connectivity index (χ1v) is 6.62. The van der Waals surface area contributed by atoms with E-state index in [0.717, 1.165) is 30.5 Å². The SMILES string of the molecule is Brc1ccc([C@@H]2OCC[C@@H]3OCC[C@H]32)cc1. The molecule has 0 amide bonds. The summed E-state index contributed by atoms with van der Waals surface area (Å²) in [5.41, 5.74) is 1.28. The van der Waals surface area contributed by atoms with Crippen molar-refractivity contribution in [1.29, 1.82) is 0 Å². The minimum atomic E-state index is 0.231. The van der Waals surface area contributed by atoms with Crippen LogP contribution in [-0.4, -0.2) is 19.3 Å². The van der Waals surface area contributed by atoms with E-state index in [-0.39, 0.29) is 6.10 Å². The number of halogens is 1. The van der Waals surface area contributed by atoms with Crippen molar-refractivity contribution in [3.05, 3.63) is 34.3 Å². The predicted molar refractivity (Wildman–Crippen MR) is 65.3 cm³/mol. The summed E-state index contributed by atoms with van der Waals surface area (Å²) in [6, 6.07) is 8.46. The smallest absolute Gasteiger partial charge is 0.0878 e. The molecule has 0 aliphatic carbocycles. The Morgan fingerprint density at radius 1 is 1.00 bits per heavy atom. The second-order valence-corrected chi connectivity index (χ2v) is 5.41. The van der Waals surface area contributed by atoms with Crippen molar-refractivity contribution >= 4 is 15.9 Å². The van der Waals surface area contributed by atoms with Gasteiger partial charge >= 0.3 is 0 Å². The summed E-state index contributed by atoms with van der Waals surface area (Å²) in [5, 5.41) is 0. The van der Waals surface area contributed by atoms with Gasteiger partial charge in [0.15, 0.2) is 0 Å². The third-order valence-corrected chi connectivity index (χ3v) is 4.08. The fourth-order valence-corrected chi connectivity index (χ4v) is 3.00. The molecule has 1 aromatic rings. The van der Waals surface area contributed by atoms with E-state index < -0.39 is 0 Å². The number of rotatable bonds is 1. The first kappa shape index (κ1) is 10.8. The monoisotopic (exact) mass is 282 g/mol. The van der Waals surface area contributed by atoms with Crippen LogP contribution >= 0.6 is 15.9 Å². The van der Waals surface area contributed by atoms with Gasteiger partial charge in [-0.1, -0.05) is 28.1 Å². The summed E-state index contributed by atoms with van der Waals surface area (Å²) < 4.78 is 12.8. The van der Waals surface area contributed by atoms with Crippen molar-refractivity contribution in [3.8, 4) is 0 Å². The molecule has 2 nitrogen and oxygen atoms in total. The maximum Gasteiger partial charge on any atom is 0.0878 e. The molecule has 2 heterocycles. The fraction of sp³-hybridized carbons (Fsp3) is 0.538. The topological polar surface area (TPSA) is 18.5 Å². The van der Waals surface area contributed by atoms with Crippen molar-refractivity contribution in [3.63, 3.8) is 0 Å². The first-order chi connectivity index (χ1) is 7.84. The summed E-state index contributed by atoms with van der Waals surface area (Å²) in [7, 11) is 0. The summed E-state index contributed by atoms with van der Waals surface area (Å²) in [6.07, 6.45) is 2.83. The van der Waals surface area contributed by atoms with Gasteiger partial charge < -0.3 is 9.47 Å². The van der Waals surface area contributed by atoms with Crippen molar-refractivity contribution in [2.24, 2.45) is 5.92 Å². The van der Waals surface area contributed by atoms with E-state index in [4.69, 9.17) is 9.47 Å². The molecule has 0 bridgehead atoms. The lowest BCUT2D eigenvalue weighted by Gasteiger charge is -2.33. The third-order valence-electron chi connectivity index (χ3n) is 3.55. The van der Waals surface area contributed by atoms with E-state index in [1.165, 1.54) is 5.56 Å². The quantitative estimate of drug-likeness (QED) is 0.787. The van der Waals surface area contributed by atoms with Gasteiger partial charge in [0.25, 0.3) is 0 Å². The second kappa shape index (κ2) is 4.47. The van der Waals surface area contributed by atoms with Gasteiger partial charge in [-0.15, -0.1) is 0 Å². The van der Waals surface area contributed by atoms with Crippen molar-refractivity contribution in [2.75, 3.05) is 13.2 Å². The number of hydrogen-bond donors (Lipinski definition) is 0.